The van der Waals surface area contributed by atoms with Crippen LogP contribution >= 0.6 is 15.9 Å². The molecule has 0 fully saturated rings. The van der Waals surface area contributed by atoms with Gasteiger partial charge in [0.15, 0.2) is 0 Å². The molecule has 0 heterocycles. The Morgan fingerprint density at radius 3 is 2.38 bits per heavy atom. The Morgan fingerprint density at radius 1 is 1.10 bits per heavy atom. The lowest BCUT2D eigenvalue weighted by Crippen LogP contribution is -2.17. The molecular formula is C17H19BrN2O. The third kappa shape index (κ3) is 4.90. The van der Waals surface area contributed by atoms with Crippen LogP contribution in [0.3, 0.4) is 0 Å². The summed E-state index contributed by atoms with van der Waals surface area (Å²) in [6.07, 6.45) is 0. The van der Waals surface area contributed by atoms with Crippen molar-refractivity contribution in [3.63, 3.8) is 0 Å². The Morgan fingerprint density at radius 2 is 1.76 bits per heavy atom. The van der Waals surface area contributed by atoms with Crippen LogP contribution in [0.2, 0.25) is 0 Å². The minimum Gasteiger partial charge on any atom is -0.381 e. The van der Waals surface area contributed by atoms with Gasteiger partial charge in [-0.05, 0) is 42.0 Å². The minimum absolute atomic E-state index is 0.0145. The van der Waals surface area contributed by atoms with Crippen molar-refractivity contribution in [3.05, 3.63) is 58.6 Å². The van der Waals surface area contributed by atoms with Crippen LogP contribution < -0.4 is 10.6 Å². The van der Waals surface area contributed by atoms with Crippen LogP contribution in [0.25, 0.3) is 0 Å². The number of hydrogen-bond donors (Lipinski definition) is 2. The van der Waals surface area contributed by atoms with Gasteiger partial charge < -0.3 is 10.6 Å². The van der Waals surface area contributed by atoms with Crippen molar-refractivity contribution in [2.75, 3.05) is 10.6 Å². The highest BCUT2D eigenvalue weighted by Gasteiger charge is 2.06. The lowest BCUT2D eigenvalue weighted by atomic mass is 10.2. The fourth-order valence-corrected chi connectivity index (χ4v) is 2.26. The monoisotopic (exact) mass is 346 g/mol. The number of anilines is 2. The van der Waals surface area contributed by atoms with Gasteiger partial charge in [-0.2, -0.15) is 0 Å². The molecular weight excluding hydrogens is 328 g/mol. The first-order valence-corrected chi connectivity index (χ1v) is 7.73. The molecule has 0 unspecified atom stereocenters. The first-order valence-electron chi connectivity index (χ1n) is 6.94. The third-order valence-electron chi connectivity index (χ3n) is 3.06. The van der Waals surface area contributed by atoms with E-state index in [2.05, 4.69) is 38.7 Å². The molecule has 21 heavy (non-hydrogen) atoms. The second-order valence-electron chi connectivity index (χ2n) is 5.20. The summed E-state index contributed by atoms with van der Waals surface area (Å²) < 4.78 is 1.08. The van der Waals surface area contributed by atoms with Gasteiger partial charge in [0.05, 0.1) is 0 Å². The zero-order valence-corrected chi connectivity index (χ0v) is 13.8. The Kier molecular flexibility index (Phi) is 5.39. The Labute approximate surface area is 133 Å². The normalized spacial score (nSPS) is 10.5. The summed E-state index contributed by atoms with van der Waals surface area (Å²) in [5.41, 5.74) is 3.06. The number of carbonyl (C=O) groups excluding carboxylic acids is 1. The molecule has 0 aliphatic heterocycles. The molecule has 0 aromatic heterocycles. The molecule has 3 nitrogen and oxygen atoms in total. The summed E-state index contributed by atoms with van der Waals surface area (Å²) in [6.45, 7) is 4.52. The molecule has 2 aromatic carbocycles. The van der Waals surface area contributed by atoms with E-state index in [1.807, 2.05) is 50.2 Å². The fraction of sp³-hybridized carbons (Fsp3) is 0.235. The molecule has 0 aliphatic carbocycles. The van der Waals surface area contributed by atoms with E-state index >= 15 is 0 Å². The van der Waals surface area contributed by atoms with E-state index in [9.17, 15) is 4.79 Å². The van der Waals surface area contributed by atoms with Crippen LogP contribution in [0.1, 0.15) is 19.4 Å². The van der Waals surface area contributed by atoms with Crippen molar-refractivity contribution in [1.29, 1.82) is 0 Å². The number of hydrogen-bond acceptors (Lipinski definition) is 2. The fourth-order valence-electron chi connectivity index (χ4n) is 1.81. The molecule has 0 saturated heterocycles. The maximum atomic E-state index is 11.6. The Balaban J connectivity index is 1.92. The van der Waals surface area contributed by atoms with Crippen LogP contribution in [0.4, 0.5) is 11.4 Å². The first-order chi connectivity index (χ1) is 10.0. The summed E-state index contributed by atoms with van der Waals surface area (Å²) in [5.74, 6) is 0.0178. The lowest BCUT2D eigenvalue weighted by molar-refractivity contribution is -0.118. The van der Waals surface area contributed by atoms with E-state index in [0.29, 0.717) is 0 Å². The highest BCUT2D eigenvalue weighted by Crippen LogP contribution is 2.17. The third-order valence-corrected chi connectivity index (χ3v) is 3.56. The Hall–Kier alpha value is -1.81. The molecule has 110 valence electrons. The van der Waals surface area contributed by atoms with E-state index < -0.39 is 0 Å². The molecule has 0 radical (unpaired) electrons. The molecule has 2 rings (SSSR count). The van der Waals surface area contributed by atoms with Gasteiger partial charge in [0.2, 0.25) is 5.91 Å². The van der Waals surface area contributed by atoms with E-state index in [1.165, 1.54) is 5.56 Å². The molecule has 0 atom stereocenters. The van der Waals surface area contributed by atoms with E-state index in [4.69, 9.17) is 0 Å². The van der Waals surface area contributed by atoms with Crippen molar-refractivity contribution in [2.45, 2.75) is 20.4 Å². The number of amides is 1. The van der Waals surface area contributed by atoms with Crippen LogP contribution in [0.5, 0.6) is 0 Å². The quantitative estimate of drug-likeness (QED) is 0.826. The molecule has 2 aromatic rings. The van der Waals surface area contributed by atoms with Gasteiger partial charge in [0.1, 0.15) is 0 Å². The van der Waals surface area contributed by atoms with E-state index in [1.54, 1.807) is 0 Å². The lowest BCUT2D eigenvalue weighted by Gasteiger charge is -2.10. The van der Waals surface area contributed by atoms with Crippen molar-refractivity contribution in [1.82, 2.24) is 0 Å². The molecule has 4 heteroatoms. The number of rotatable bonds is 5. The van der Waals surface area contributed by atoms with Crippen molar-refractivity contribution < 1.29 is 4.79 Å². The van der Waals surface area contributed by atoms with E-state index in [0.717, 1.165) is 22.4 Å². The molecule has 0 aliphatic rings. The highest BCUT2D eigenvalue weighted by molar-refractivity contribution is 9.10. The summed E-state index contributed by atoms with van der Waals surface area (Å²) in [7, 11) is 0. The maximum absolute atomic E-state index is 11.6. The zero-order valence-electron chi connectivity index (χ0n) is 12.2. The maximum Gasteiger partial charge on any atom is 0.226 e. The number of nitrogens with one attached hydrogen (secondary N) is 2. The average Bonchev–Trinajstić information content (AvgIpc) is 2.46. The van der Waals surface area contributed by atoms with Crippen LogP contribution in [0, 0.1) is 5.92 Å². The topological polar surface area (TPSA) is 41.1 Å². The summed E-state index contributed by atoms with van der Waals surface area (Å²) in [6, 6.07) is 15.9. The summed E-state index contributed by atoms with van der Waals surface area (Å²) in [5, 5.41) is 6.23. The smallest absolute Gasteiger partial charge is 0.226 e. The van der Waals surface area contributed by atoms with E-state index in [-0.39, 0.29) is 11.8 Å². The minimum atomic E-state index is -0.0145. The number of halogens is 1. The first kappa shape index (κ1) is 15.6. The number of benzene rings is 2. The highest BCUT2D eigenvalue weighted by atomic mass is 79.9. The molecule has 0 bridgehead atoms. The van der Waals surface area contributed by atoms with Crippen LogP contribution in [-0.4, -0.2) is 5.91 Å². The van der Waals surface area contributed by atoms with Crippen LogP contribution in [0.15, 0.2) is 53.0 Å². The van der Waals surface area contributed by atoms with Crippen molar-refractivity contribution in [3.8, 4) is 0 Å². The van der Waals surface area contributed by atoms with Gasteiger partial charge in [-0.25, -0.2) is 0 Å². The predicted molar refractivity (Wildman–Crippen MR) is 91.4 cm³/mol. The predicted octanol–water partition coefficient (Wildman–Crippen LogP) is 4.66. The van der Waals surface area contributed by atoms with Gasteiger partial charge >= 0.3 is 0 Å². The standard InChI is InChI=1S/C17H19BrN2O/c1-12(2)17(21)20-16-8-6-15(7-9-16)19-11-13-4-3-5-14(18)10-13/h3-10,12,19H,11H2,1-2H3,(H,20,21). The molecule has 2 N–H and O–H groups in total. The van der Waals surface area contributed by atoms with Gasteiger partial charge in [-0.3, -0.25) is 4.79 Å². The van der Waals surface area contributed by atoms with Gasteiger partial charge in [0, 0.05) is 28.3 Å². The van der Waals surface area contributed by atoms with Crippen LogP contribution in [-0.2, 0) is 11.3 Å². The zero-order chi connectivity index (χ0) is 15.2. The van der Waals surface area contributed by atoms with Crippen molar-refractivity contribution >= 4 is 33.2 Å². The van der Waals surface area contributed by atoms with Gasteiger partial charge in [-0.1, -0.05) is 41.9 Å². The second kappa shape index (κ2) is 7.27. The largest absolute Gasteiger partial charge is 0.381 e. The average molecular weight is 347 g/mol. The second-order valence-corrected chi connectivity index (χ2v) is 6.12. The van der Waals surface area contributed by atoms with Gasteiger partial charge in [0.25, 0.3) is 0 Å². The molecule has 1 amide bonds. The summed E-state index contributed by atoms with van der Waals surface area (Å²) in [4.78, 5) is 11.6. The van der Waals surface area contributed by atoms with Gasteiger partial charge in [-0.15, -0.1) is 0 Å². The Bertz CT molecular complexity index is 608. The van der Waals surface area contributed by atoms with Crippen molar-refractivity contribution in [2.24, 2.45) is 5.92 Å². The number of carbonyl (C=O) groups is 1. The molecule has 0 saturated carbocycles. The molecule has 0 spiro atoms. The SMILES string of the molecule is CC(C)C(=O)Nc1ccc(NCc2cccc(Br)c2)cc1. The summed E-state index contributed by atoms with van der Waals surface area (Å²) >= 11 is 3.46.